The number of carbonyl (C=O) groups excluding carboxylic acids is 1. The van der Waals surface area contributed by atoms with Gasteiger partial charge in [0, 0.05) is 29.8 Å². The standard InChI is InChI=1S/C15H17Cl2N3O3S2/c1-19(2)14(21)6-24-15-18-12-7-25(22,23)8-13(12)20(15)11-4-9(16)3-10(17)5-11/h3-5,12-13H,6-8H2,1-2H3/t12-,13+/m1/s1. The Balaban J connectivity index is 1.92. The number of rotatable bonds is 3. The first-order valence-electron chi connectivity index (χ1n) is 7.53. The number of amides is 1. The van der Waals surface area contributed by atoms with E-state index in [1.54, 1.807) is 32.3 Å². The molecule has 10 heteroatoms. The molecular formula is C15H17Cl2N3O3S2. The van der Waals surface area contributed by atoms with Crippen LogP contribution in [0.4, 0.5) is 5.69 Å². The van der Waals surface area contributed by atoms with Crippen LogP contribution in [0.1, 0.15) is 0 Å². The zero-order chi connectivity index (χ0) is 18.4. The Kier molecular flexibility index (Phi) is 5.26. The van der Waals surface area contributed by atoms with Gasteiger partial charge in [-0.25, -0.2) is 8.42 Å². The highest BCUT2D eigenvalue weighted by atomic mass is 35.5. The zero-order valence-electron chi connectivity index (χ0n) is 13.6. The molecule has 0 radical (unpaired) electrons. The molecule has 2 heterocycles. The Morgan fingerprint density at radius 1 is 1.28 bits per heavy atom. The fourth-order valence-corrected chi connectivity index (χ4v) is 6.33. The minimum Gasteiger partial charge on any atom is -0.348 e. The minimum absolute atomic E-state index is 0.0220. The van der Waals surface area contributed by atoms with Crippen molar-refractivity contribution in [1.29, 1.82) is 0 Å². The predicted molar refractivity (Wildman–Crippen MR) is 104 cm³/mol. The van der Waals surface area contributed by atoms with E-state index in [1.807, 2.05) is 4.90 Å². The summed E-state index contributed by atoms with van der Waals surface area (Å²) in [5, 5.41) is 1.54. The van der Waals surface area contributed by atoms with Crippen LogP contribution in [0.15, 0.2) is 23.2 Å². The van der Waals surface area contributed by atoms with Crippen LogP contribution in [0.5, 0.6) is 0 Å². The highest BCUT2D eigenvalue weighted by molar-refractivity contribution is 8.14. The summed E-state index contributed by atoms with van der Waals surface area (Å²) in [6.45, 7) is 0. The number of hydrogen-bond donors (Lipinski definition) is 0. The normalized spacial score (nSPS) is 24.2. The lowest BCUT2D eigenvalue weighted by Crippen LogP contribution is -2.39. The van der Waals surface area contributed by atoms with Gasteiger partial charge in [-0.05, 0) is 18.2 Å². The molecule has 25 heavy (non-hydrogen) atoms. The van der Waals surface area contributed by atoms with E-state index in [0.29, 0.717) is 20.9 Å². The number of nitrogens with zero attached hydrogens (tertiary/aromatic N) is 3. The number of halogens is 2. The van der Waals surface area contributed by atoms with Crippen molar-refractivity contribution in [2.45, 2.75) is 12.1 Å². The van der Waals surface area contributed by atoms with Crippen LogP contribution in [0.3, 0.4) is 0 Å². The molecule has 0 N–H and O–H groups in total. The summed E-state index contributed by atoms with van der Waals surface area (Å²) in [6, 6.07) is 4.44. The number of anilines is 1. The van der Waals surface area contributed by atoms with Gasteiger partial charge in [0.2, 0.25) is 5.91 Å². The average Bonchev–Trinajstić information content (AvgIpc) is 2.94. The summed E-state index contributed by atoms with van der Waals surface area (Å²) < 4.78 is 24.0. The van der Waals surface area contributed by atoms with Crippen molar-refractivity contribution in [3.8, 4) is 0 Å². The van der Waals surface area contributed by atoms with Gasteiger partial charge in [-0.2, -0.15) is 0 Å². The molecule has 1 aromatic carbocycles. The van der Waals surface area contributed by atoms with E-state index in [4.69, 9.17) is 23.2 Å². The van der Waals surface area contributed by atoms with Gasteiger partial charge in [0.15, 0.2) is 15.0 Å². The molecule has 6 nitrogen and oxygen atoms in total. The van der Waals surface area contributed by atoms with E-state index in [1.165, 1.54) is 16.7 Å². The van der Waals surface area contributed by atoms with Crippen LogP contribution in [0.2, 0.25) is 10.0 Å². The Morgan fingerprint density at radius 3 is 2.52 bits per heavy atom. The van der Waals surface area contributed by atoms with Crippen LogP contribution < -0.4 is 4.90 Å². The van der Waals surface area contributed by atoms with Crippen molar-refractivity contribution >= 4 is 61.6 Å². The van der Waals surface area contributed by atoms with E-state index in [0.717, 1.165) is 0 Å². The fourth-order valence-electron chi connectivity index (χ4n) is 2.87. The summed E-state index contributed by atoms with van der Waals surface area (Å²) >= 11 is 13.5. The molecule has 0 unspecified atom stereocenters. The summed E-state index contributed by atoms with van der Waals surface area (Å²) in [6.07, 6.45) is 0. The number of thioether (sulfide) groups is 1. The summed E-state index contributed by atoms with van der Waals surface area (Å²) in [4.78, 5) is 19.8. The third-order valence-corrected chi connectivity index (χ3v) is 7.14. The Bertz CT molecular complexity index is 822. The molecule has 0 aliphatic carbocycles. The third-order valence-electron chi connectivity index (χ3n) is 4.06. The van der Waals surface area contributed by atoms with E-state index >= 15 is 0 Å². The predicted octanol–water partition coefficient (Wildman–Crippen LogP) is 2.16. The number of benzene rings is 1. The first-order valence-corrected chi connectivity index (χ1v) is 11.1. The molecule has 2 aliphatic rings. The highest BCUT2D eigenvalue weighted by Gasteiger charge is 2.47. The lowest BCUT2D eigenvalue weighted by Gasteiger charge is -2.27. The molecule has 0 spiro atoms. The maximum Gasteiger partial charge on any atom is 0.232 e. The fraction of sp³-hybridized carbons (Fsp3) is 0.467. The lowest BCUT2D eigenvalue weighted by atomic mass is 10.1. The first kappa shape index (κ1) is 18.8. The third kappa shape index (κ3) is 4.07. The lowest BCUT2D eigenvalue weighted by molar-refractivity contribution is -0.125. The van der Waals surface area contributed by atoms with Crippen LogP contribution >= 0.6 is 35.0 Å². The van der Waals surface area contributed by atoms with Crippen LogP contribution in [0.25, 0.3) is 0 Å². The molecule has 2 aliphatic heterocycles. The summed E-state index contributed by atoms with van der Waals surface area (Å²) in [7, 11) is 0.245. The van der Waals surface area contributed by atoms with E-state index in [2.05, 4.69) is 4.99 Å². The number of amidine groups is 1. The number of aliphatic imine (C=N–C) groups is 1. The van der Waals surface area contributed by atoms with Crippen LogP contribution in [-0.2, 0) is 14.6 Å². The molecule has 2 atom stereocenters. The Labute approximate surface area is 161 Å². The van der Waals surface area contributed by atoms with Crippen molar-refractivity contribution in [3.63, 3.8) is 0 Å². The van der Waals surface area contributed by atoms with Crippen LogP contribution in [-0.4, -0.2) is 67.8 Å². The number of sulfone groups is 1. The maximum atomic E-state index is 12.0. The molecule has 1 saturated heterocycles. The Morgan fingerprint density at radius 2 is 1.92 bits per heavy atom. The maximum absolute atomic E-state index is 12.0. The topological polar surface area (TPSA) is 70.0 Å². The summed E-state index contributed by atoms with van der Waals surface area (Å²) in [5.74, 6) is 0.231. The molecule has 1 aromatic rings. The largest absolute Gasteiger partial charge is 0.348 e. The number of fused-ring (bicyclic) bond motifs is 1. The van der Waals surface area contributed by atoms with Crippen LogP contribution in [0, 0.1) is 0 Å². The van der Waals surface area contributed by atoms with Gasteiger partial charge in [-0.1, -0.05) is 35.0 Å². The number of carbonyl (C=O) groups is 1. The van der Waals surface area contributed by atoms with E-state index in [9.17, 15) is 13.2 Å². The second kappa shape index (κ2) is 6.98. The monoisotopic (exact) mass is 421 g/mol. The number of hydrogen-bond acceptors (Lipinski definition) is 6. The van der Waals surface area contributed by atoms with Crippen molar-refractivity contribution in [3.05, 3.63) is 28.2 Å². The molecule has 1 fully saturated rings. The van der Waals surface area contributed by atoms with Crippen molar-refractivity contribution in [1.82, 2.24) is 4.90 Å². The molecule has 136 valence electrons. The van der Waals surface area contributed by atoms with Gasteiger partial charge < -0.3 is 9.80 Å². The van der Waals surface area contributed by atoms with Crippen molar-refractivity contribution < 1.29 is 13.2 Å². The second-order valence-corrected chi connectivity index (χ2v) is 10.2. The van der Waals surface area contributed by atoms with E-state index < -0.39 is 9.84 Å². The molecule has 0 saturated carbocycles. The second-order valence-electron chi connectivity index (χ2n) is 6.20. The van der Waals surface area contributed by atoms with Crippen molar-refractivity contribution in [2.75, 3.05) is 36.3 Å². The van der Waals surface area contributed by atoms with Gasteiger partial charge in [0.1, 0.15) is 0 Å². The van der Waals surface area contributed by atoms with Crippen molar-refractivity contribution in [2.24, 2.45) is 4.99 Å². The molecular weight excluding hydrogens is 405 g/mol. The first-order chi connectivity index (χ1) is 11.7. The van der Waals surface area contributed by atoms with Gasteiger partial charge in [0.05, 0.1) is 29.3 Å². The minimum atomic E-state index is -3.13. The van der Waals surface area contributed by atoms with Gasteiger partial charge in [-0.3, -0.25) is 9.79 Å². The van der Waals surface area contributed by atoms with E-state index in [-0.39, 0.29) is 35.2 Å². The molecule has 0 aromatic heterocycles. The Hall–Kier alpha value is -0.960. The van der Waals surface area contributed by atoms with Gasteiger partial charge in [-0.15, -0.1) is 0 Å². The molecule has 0 bridgehead atoms. The highest BCUT2D eigenvalue weighted by Crippen LogP contribution is 2.37. The molecule has 3 rings (SSSR count). The van der Waals surface area contributed by atoms with Gasteiger partial charge in [0.25, 0.3) is 0 Å². The molecule has 1 amide bonds. The zero-order valence-corrected chi connectivity index (χ0v) is 16.8. The SMILES string of the molecule is CN(C)C(=O)CSC1=N[C@@H]2CS(=O)(=O)C[C@@H]2N1c1cc(Cl)cc(Cl)c1. The summed E-state index contributed by atoms with van der Waals surface area (Å²) in [5.41, 5.74) is 0.686. The smallest absolute Gasteiger partial charge is 0.232 e. The quantitative estimate of drug-likeness (QED) is 0.747. The van der Waals surface area contributed by atoms with Gasteiger partial charge >= 0.3 is 0 Å². The average molecular weight is 422 g/mol.